The summed E-state index contributed by atoms with van der Waals surface area (Å²) in [5.41, 5.74) is 3.67. The van der Waals surface area contributed by atoms with E-state index in [0.29, 0.717) is 17.1 Å². The number of benzene rings is 2. The molecule has 0 heterocycles. The van der Waals surface area contributed by atoms with Gasteiger partial charge in [-0.05, 0) is 84.7 Å². The van der Waals surface area contributed by atoms with E-state index in [0.717, 1.165) is 27.7 Å². The second-order valence-electron chi connectivity index (χ2n) is 6.30. The minimum Gasteiger partial charge on any atom is -0.492 e. The fraction of sp³-hybridized carbons (Fsp3) is 0.381. The largest absolute Gasteiger partial charge is 0.492 e. The van der Waals surface area contributed by atoms with Crippen LogP contribution in [-0.2, 0) is 0 Å². The molecule has 0 aliphatic rings. The third kappa shape index (κ3) is 4.90. The second-order valence-corrected chi connectivity index (χ2v) is 7.46. The van der Waals surface area contributed by atoms with Crippen LogP contribution in [0.15, 0.2) is 30.3 Å². The molecule has 1 amide bonds. The first-order valence-electron chi connectivity index (χ1n) is 8.82. The molecule has 0 saturated heterocycles. The van der Waals surface area contributed by atoms with Crippen LogP contribution in [0.3, 0.4) is 0 Å². The standard InChI is InChI=1S/C21H26INO3/c1-6-17(7-2)26-19-12-15(11-18(22)20(19)25-5)21(24)23-16-9-8-13(3)14(4)10-16/h8-12,17H,6-7H2,1-5H3,(H,23,24). The molecule has 0 radical (unpaired) electrons. The number of hydrogen-bond acceptors (Lipinski definition) is 3. The molecule has 5 heteroatoms. The van der Waals surface area contributed by atoms with Gasteiger partial charge in [-0.2, -0.15) is 0 Å². The normalized spacial score (nSPS) is 10.7. The van der Waals surface area contributed by atoms with E-state index in [2.05, 4.69) is 41.8 Å². The number of hydrogen-bond donors (Lipinski definition) is 1. The lowest BCUT2D eigenvalue weighted by Crippen LogP contribution is -2.16. The maximum absolute atomic E-state index is 12.7. The lowest BCUT2D eigenvalue weighted by atomic mass is 10.1. The fourth-order valence-electron chi connectivity index (χ4n) is 2.64. The smallest absolute Gasteiger partial charge is 0.255 e. The van der Waals surface area contributed by atoms with Crippen LogP contribution in [0.25, 0.3) is 0 Å². The minimum absolute atomic E-state index is 0.0951. The number of amides is 1. The number of halogens is 1. The van der Waals surface area contributed by atoms with Crippen LogP contribution in [0, 0.1) is 17.4 Å². The van der Waals surface area contributed by atoms with Crippen molar-refractivity contribution >= 4 is 34.2 Å². The molecular weight excluding hydrogens is 441 g/mol. The molecule has 0 saturated carbocycles. The molecule has 0 atom stereocenters. The molecule has 2 rings (SSSR count). The van der Waals surface area contributed by atoms with Crippen molar-refractivity contribution < 1.29 is 14.3 Å². The van der Waals surface area contributed by atoms with Crippen LogP contribution in [0.4, 0.5) is 5.69 Å². The van der Waals surface area contributed by atoms with E-state index >= 15 is 0 Å². The first kappa shape index (κ1) is 20.6. The highest BCUT2D eigenvalue weighted by atomic mass is 127. The highest BCUT2D eigenvalue weighted by Gasteiger charge is 2.18. The lowest BCUT2D eigenvalue weighted by molar-refractivity contribution is 0.102. The number of carbonyl (C=O) groups is 1. The van der Waals surface area contributed by atoms with Gasteiger partial charge < -0.3 is 14.8 Å². The molecule has 4 nitrogen and oxygen atoms in total. The van der Waals surface area contributed by atoms with Crippen molar-refractivity contribution in [3.63, 3.8) is 0 Å². The molecule has 2 aromatic carbocycles. The van der Waals surface area contributed by atoms with Crippen LogP contribution in [0.2, 0.25) is 0 Å². The van der Waals surface area contributed by atoms with E-state index < -0.39 is 0 Å². The predicted molar refractivity (Wildman–Crippen MR) is 115 cm³/mol. The lowest BCUT2D eigenvalue weighted by Gasteiger charge is -2.19. The van der Waals surface area contributed by atoms with Gasteiger partial charge in [0.25, 0.3) is 5.91 Å². The quantitative estimate of drug-likeness (QED) is 0.529. The van der Waals surface area contributed by atoms with E-state index in [1.54, 1.807) is 13.2 Å². The number of ether oxygens (including phenoxy) is 2. The molecule has 0 unspecified atom stereocenters. The van der Waals surface area contributed by atoms with Crippen LogP contribution in [-0.4, -0.2) is 19.1 Å². The SMILES string of the molecule is CCC(CC)Oc1cc(C(=O)Nc2ccc(C)c(C)c2)cc(I)c1OC. The van der Waals surface area contributed by atoms with E-state index in [9.17, 15) is 4.79 Å². The Morgan fingerprint density at radius 1 is 1.12 bits per heavy atom. The van der Waals surface area contributed by atoms with Crippen molar-refractivity contribution in [1.82, 2.24) is 0 Å². The Morgan fingerprint density at radius 2 is 1.81 bits per heavy atom. The van der Waals surface area contributed by atoms with Crippen LogP contribution in [0.1, 0.15) is 48.2 Å². The van der Waals surface area contributed by atoms with Gasteiger partial charge in [-0.1, -0.05) is 19.9 Å². The average Bonchev–Trinajstić information content (AvgIpc) is 2.62. The van der Waals surface area contributed by atoms with Gasteiger partial charge in [-0.25, -0.2) is 0 Å². The molecule has 1 N–H and O–H groups in total. The molecule has 0 aromatic heterocycles. The van der Waals surface area contributed by atoms with Crippen molar-refractivity contribution in [2.45, 2.75) is 46.6 Å². The summed E-state index contributed by atoms with van der Waals surface area (Å²) in [6.07, 6.45) is 1.89. The first-order valence-corrected chi connectivity index (χ1v) is 9.90. The van der Waals surface area contributed by atoms with E-state index in [1.165, 1.54) is 5.56 Å². The summed E-state index contributed by atoms with van der Waals surface area (Å²) in [7, 11) is 1.62. The zero-order valence-electron chi connectivity index (χ0n) is 16.0. The van der Waals surface area contributed by atoms with Gasteiger partial charge in [0, 0.05) is 11.3 Å². The molecule has 0 bridgehead atoms. The minimum atomic E-state index is -0.164. The first-order chi connectivity index (χ1) is 12.4. The van der Waals surface area contributed by atoms with Crippen molar-refractivity contribution in [1.29, 1.82) is 0 Å². The maximum Gasteiger partial charge on any atom is 0.255 e. The topological polar surface area (TPSA) is 47.6 Å². The Morgan fingerprint density at radius 3 is 2.38 bits per heavy atom. The summed E-state index contributed by atoms with van der Waals surface area (Å²) < 4.78 is 12.4. The summed E-state index contributed by atoms with van der Waals surface area (Å²) >= 11 is 2.17. The third-order valence-corrected chi connectivity index (χ3v) is 5.25. The Kier molecular flexibility index (Phi) is 7.32. The molecule has 0 aliphatic carbocycles. The van der Waals surface area contributed by atoms with Crippen molar-refractivity contribution in [2.75, 3.05) is 12.4 Å². The maximum atomic E-state index is 12.7. The Labute approximate surface area is 169 Å². The average molecular weight is 467 g/mol. The van der Waals surface area contributed by atoms with Crippen molar-refractivity contribution in [2.24, 2.45) is 0 Å². The number of anilines is 1. The summed E-state index contributed by atoms with van der Waals surface area (Å²) in [6, 6.07) is 9.47. The summed E-state index contributed by atoms with van der Waals surface area (Å²) in [5.74, 6) is 1.11. The molecule has 0 aliphatic heterocycles. The Bertz CT molecular complexity index is 785. The molecule has 140 valence electrons. The highest BCUT2D eigenvalue weighted by molar-refractivity contribution is 14.1. The number of carbonyl (C=O) groups excluding carboxylic acids is 1. The number of rotatable bonds is 7. The monoisotopic (exact) mass is 467 g/mol. The molecule has 2 aromatic rings. The van der Waals surface area contributed by atoms with Gasteiger partial charge in [-0.3, -0.25) is 4.79 Å². The van der Waals surface area contributed by atoms with Gasteiger partial charge in [0.05, 0.1) is 16.8 Å². The van der Waals surface area contributed by atoms with Gasteiger partial charge in [-0.15, -0.1) is 0 Å². The zero-order valence-corrected chi connectivity index (χ0v) is 18.1. The Hall–Kier alpha value is -1.76. The fourth-order valence-corrected chi connectivity index (χ4v) is 3.46. The molecular formula is C21H26INO3. The van der Waals surface area contributed by atoms with E-state index in [4.69, 9.17) is 9.47 Å². The second kappa shape index (κ2) is 9.26. The van der Waals surface area contributed by atoms with Gasteiger partial charge in [0.2, 0.25) is 0 Å². The van der Waals surface area contributed by atoms with Crippen LogP contribution in [0.5, 0.6) is 11.5 Å². The summed E-state index contributed by atoms with van der Waals surface area (Å²) in [5, 5.41) is 2.96. The van der Waals surface area contributed by atoms with Crippen molar-refractivity contribution in [3.05, 3.63) is 50.6 Å². The zero-order chi connectivity index (χ0) is 19.3. The van der Waals surface area contributed by atoms with Gasteiger partial charge in [0.1, 0.15) is 0 Å². The van der Waals surface area contributed by atoms with Crippen molar-refractivity contribution in [3.8, 4) is 11.5 Å². The summed E-state index contributed by atoms with van der Waals surface area (Å²) in [4.78, 5) is 12.7. The van der Waals surface area contributed by atoms with Gasteiger partial charge >= 0.3 is 0 Å². The van der Waals surface area contributed by atoms with Gasteiger partial charge in [0.15, 0.2) is 11.5 Å². The number of aryl methyl sites for hydroxylation is 2. The Balaban J connectivity index is 2.31. The van der Waals surface area contributed by atoms with E-state index in [1.807, 2.05) is 38.1 Å². The third-order valence-electron chi connectivity index (χ3n) is 4.44. The van der Waals surface area contributed by atoms with Crippen LogP contribution >= 0.6 is 22.6 Å². The highest BCUT2D eigenvalue weighted by Crippen LogP contribution is 2.35. The van der Waals surface area contributed by atoms with Crippen LogP contribution < -0.4 is 14.8 Å². The molecule has 0 fully saturated rings. The van der Waals surface area contributed by atoms with E-state index in [-0.39, 0.29) is 12.0 Å². The number of nitrogens with one attached hydrogen (secondary N) is 1. The molecule has 26 heavy (non-hydrogen) atoms. The summed E-state index contributed by atoms with van der Waals surface area (Å²) in [6.45, 7) is 8.25. The number of methoxy groups -OCH3 is 1. The predicted octanol–water partition coefficient (Wildman–Crippen LogP) is 5.74. The molecule has 0 spiro atoms.